The monoisotopic (exact) mass is 382 g/mol. The zero-order chi connectivity index (χ0) is 21.0. The number of fused-ring (bicyclic) bond motifs is 2. The van der Waals surface area contributed by atoms with Gasteiger partial charge in [-0.15, -0.1) is 12.8 Å². The van der Waals surface area contributed by atoms with Crippen molar-refractivity contribution in [3.63, 3.8) is 0 Å². The standard InChI is InChI=1S/C20H17FO5.C2H2/c1-10(22)6-7-13-14(8-9-21)20(26)16-15(19(13)25)17(23)11-4-2-3-5-12(11)18(16)24;1-2/h2-5,25-26H,6-9H2,1H3;1-2H. The lowest BCUT2D eigenvalue weighted by atomic mass is 9.79. The van der Waals surface area contributed by atoms with Crippen LogP contribution in [0, 0.1) is 12.8 Å². The van der Waals surface area contributed by atoms with Crippen LogP contribution in [0.5, 0.6) is 11.5 Å². The number of benzene rings is 2. The van der Waals surface area contributed by atoms with Crippen molar-refractivity contribution in [1.29, 1.82) is 0 Å². The Morgan fingerprint density at radius 1 is 0.929 bits per heavy atom. The number of ketones is 3. The molecule has 0 heterocycles. The lowest BCUT2D eigenvalue weighted by Gasteiger charge is -2.23. The highest BCUT2D eigenvalue weighted by Crippen LogP contribution is 2.43. The van der Waals surface area contributed by atoms with E-state index < -0.39 is 29.7 Å². The molecule has 5 nitrogen and oxygen atoms in total. The molecule has 1 aliphatic rings. The molecule has 0 saturated carbocycles. The maximum absolute atomic E-state index is 13.0. The van der Waals surface area contributed by atoms with E-state index in [-0.39, 0.29) is 58.4 Å². The van der Waals surface area contributed by atoms with Crippen LogP contribution < -0.4 is 0 Å². The minimum absolute atomic E-state index is 0.0421. The molecule has 0 radical (unpaired) electrons. The molecule has 28 heavy (non-hydrogen) atoms. The summed E-state index contributed by atoms with van der Waals surface area (Å²) in [4.78, 5) is 36.9. The number of Topliss-reactive ketones (excluding diaryl/α,β-unsaturated/α-hetero) is 1. The van der Waals surface area contributed by atoms with E-state index in [9.17, 15) is 29.0 Å². The minimum atomic E-state index is -0.822. The Morgan fingerprint density at radius 2 is 1.36 bits per heavy atom. The Kier molecular flexibility index (Phi) is 6.32. The Morgan fingerprint density at radius 3 is 1.75 bits per heavy atom. The molecule has 0 spiro atoms. The predicted octanol–water partition coefficient (Wildman–Crippen LogP) is 3.16. The fraction of sp³-hybridized carbons (Fsp3) is 0.227. The number of carbonyl (C=O) groups excluding carboxylic acids is 3. The normalized spacial score (nSPS) is 11.9. The first-order valence-electron chi connectivity index (χ1n) is 8.55. The molecular formula is C22H19FO5. The average Bonchev–Trinajstić information content (AvgIpc) is 2.69. The van der Waals surface area contributed by atoms with E-state index in [1.807, 2.05) is 0 Å². The van der Waals surface area contributed by atoms with Crippen molar-refractivity contribution in [1.82, 2.24) is 0 Å². The summed E-state index contributed by atoms with van der Waals surface area (Å²) in [6.07, 6.45) is 7.87. The van der Waals surface area contributed by atoms with E-state index in [2.05, 4.69) is 12.8 Å². The van der Waals surface area contributed by atoms with Gasteiger partial charge in [0, 0.05) is 35.1 Å². The summed E-state index contributed by atoms with van der Waals surface area (Å²) in [6, 6.07) is 6.13. The van der Waals surface area contributed by atoms with Gasteiger partial charge in [-0.05, 0) is 13.3 Å². The topological polar surface area (TPSA) is 91.7 Å². The van der Waals surface area contributed by atoms with Crippen molar-refractivity contribution in [3.8, 4) is 24.3 Å². The molecule has 0 amide bonds. The summed E-state index contributed by atoms with van der Waals surface area (Å²) in [6.45, 7) is 0.548. The Balaban J connectivity index is 0.00000136. The molecule has 0 bridgehead atoms. The Labute approximate surface area is 161 Å². The van der Waals surface area contributed by atoms with Crippen LogP contribution in [0.15, 0.2) is 24.3 Å². The number of aromatic hydroxyl groups is 2. The van der Waals surface area contributed by atoms with Gasteiger partial charge in [0.05, 0.1) is 17.8 Å². The number of hydrogen-bond acceptors (Lipinski definition) is 5. The van der Waals surface area contributed by atoms with Gasteiger partial charge in [-0.1, -0.05) is 24.3 Å². The summed E-state index contributed by atoms with van der Waals surface area (Å²) in [7, 11) is 0. The van der Waals surface area contributed by atoms with Crippen molar-refractivity contribution in [2.75, 3.05) is 6.67 Å². The van der Waals surface area contributed by atoms with Crippen LogP contribution in [0.4, 0.5) is 4.39 Å². The second-order valence-corrected chi connectivity index (χ2v) is 6.25. The third kappa shape index (κ3) is 3.39. The molecular weight excluding hydrogens is 363 g/mol. The maximum Gasteiger partial charge on any atom is 0.198 e. The van der Waals surface area contributed by atoms with Gasteiger partial charge in [-0.25, -0.2) is 0 Å². The van der Waals surface area contributed by atoms with Crippen molar-refractivity contribution >= 4 is 17.3 Å². The molecule has 0 aromatic heterocycles. The highest BCUT2D eigenvalue weighted by molar-refractivity contribution is 6.30. The zero-order valence-corrected chi connectivity index (χ0v) is 15.3. The Bertz CT molecular complexity index is 988. The lowest BCUT2D eigenvalue weighted by molar-refractivity contribution is -0.116. The predicted molar refractivity (Wildman–Crippen MR) is 102 cm³/mol. The maximum atomic E-state index is 13.0. The molecule has 0 fully saturated rings. The second-order valence-electron chi connectivity index (χ2n) is 6.25. The van der Waals surface area contributed by atoms with Crippen LogP contribution in [0.2, 0.25) is 0 Å². The van der Waals surface area contributed by atoms with Gasteiger partial charge in [-0.3, -0.25) is 14.0 Å². The first-order chi connectivity index (χ1) is 13.4. The van der Waals surface area contributed by atoms with Gasteiger partial charge >= 0.3 is 0 Å². The van der Waals surface area contributed by atoms with Crippen LogP contribution in [0.3, 0.4) is 0 Å². The molecule has 0 aliphatic heterocycles. The van der Waals surface area contributed by atoms with Gasteiger partial charge in [0.1, 0.15) is 17.3 Å². The zero-order valence-electron chi connectivity index (χ0n) is 15.3. The van der Waals surface area contributed by atoms with Crippen molar-refractivity contribution in [2.24, 2.45) is 0 Å². The largest absolute Gasteiger partial charge is 0.507 e. The molecule has 2 aromatic carbocycles. The third-order valence-electron chi connectivity index (χ3n) is 4.60. The van der Waals surface area contributed by atoms with Crippen LogP contribution in [0.1, 0.15) is 56.3 Å². The first-order valence-corrected chi connectivity index (χ1v) is 8.55. The number of phenolic OH excluding ortho intramolecular Hbond substituents is 2. The van der Waals surface area contributed by atoms with Crippen LogP contribution in [-0.4, -0.2) is 34.2 Å². The fourth-order valence-corrected chi connectivity index (χ4v) is 3.35. The number of halogens is 1. The van der Waals surface area contributed by atoms with Crippen LogP contribution in [-0.2, 0) is 17.6 Å². The molecule has 2 aromatic rings. The van der Waals surface area contributed by atoms with E-state index in [1.165, 1.54) is 19.1 Å². The Hall–Kier alpha value is -3.46. The summed E-state index contributed by atoms with van der Waals surface area (Å²) < 4.78 is 13.0. The summed E-state index contributed by atoms with van der Waals surface area (Å²) in [5.41, 5.74) is -0.133. The molecule has 0 atom stereocenters. The number of terminal acetylenes is 1. The molecule has 144 valence electrons. The van der Waals surface area contributed by atoms with Gasteiger partial charge < -0.3 is 15.0 Å². The summed E-state index contributed by atoms with van der Waals surface area (Å²) >= 11 is 0. The molecule has 2 N–H and O–H groups in total. The van der Waals surface area contributed by atoms with E-state index in [1.54, 1.807) is 12.1 Å². The van der Waals surface area contributed by atoms with Gasteiger partial charge in [0.25, 0.3) is 0 Å². The van der Waals surface area contributed by atoms with Gasteiger partial charge in [-0.2, -0.15) is 0 Å². The third-order valence-corrected chi connectivity index (χ3v) is 4.60. The lowest BCUT2D eigenvalue weighted by Crippen LogP contribution is -2.22. The van der Waals surface area contributed by atoms with Crippen molar-refractivity contribution < 1.29 is 29.0 Å². The smallest absolute Gasteiger partial charge is 0.198 e. The fourth-order valence-electron chi connectivity index (χ4n) is 3.35. The highest BCUT2D eigenvalue weighted by Gasteiger charge is 2.37. The van der Waals surface area contributed by atoms with Crippen molar-refractivity contribution in [2.45, 2.75) is 26.2 Å². The number of carbonyl (C=O) groups is 3. The van der Waals surface area contributed by atoms with E-state index >= 15 is 0 Å². The number of rotatable bonds is 5. The SMILES string of the molecule is C#C.CC(=O)CCc1c(O)c2c(c(O)c1CCF)C(=O)c1ccccc1C2=O. The van der Waals surface area contributed by atoms with Crippen LogP contribution >= 0.6 is 0 Å². The molecule has 1 aliphatic carbocycles. The van der Waals surface area contributed by atoms with Gasteiger partial charge in [0.2, 0.25) is 0 Å². The van der Waals surface area contributed by atoms with Crippen molar-refractivity contribution in [3.05, 3.63) is 57.6 Å². The second kappa shape index (κ2) is 8.49. The van der Waals surface area contributed by atoms with E-state index in [0.717, 1.165) is 0 Å². The number of hydrogen-bond donors (Lipinski definition) is 2. The van der Waals surface area contributed by atoms with E-state index in [0.29, 0.717) is 0 Å². The quantitative estimate of drug-likeness (QED) is 0.522. The molecule has 0 saturated heterocycles. The summed E-state index contributed by atoms with van der Waals surface area (Å²) in [5.74, 6) is -2.29. The minimum Gasteiger partial charge on any atom is -0.507 e. The number of phenols is 2. The molecule has 0 unspecified atom stereocenters. The van der Waals surface area contributed by atoms with E-state index in [4.69, 9.17) is 0 Å². The van der Waals surface area contributed by atoms with Crippen LogP contribution in [0.25, 0.3) is 0 Å². The first kappa shape index (κ1) is 20.8. The molecule has 3 rings (SSSR count). The van der Waals surface area contributed by atoms with Gasteiger partial charge in [0.15, 0.2) is 11.6 Å². The summed E-state index contributed by atoms with van der Waals surface area (Å²) in [5, 5.41) is 21.3. The molecule has 6 heteroatoms. The highest BCUT2D eigenvalue weighted by atomic mass is 19.1. The number of alkyl halides is 1. The average molecular weight is 382 g/mol.